The van der Waals surface area contributed by atoms with E-state index in [9.17, 15) is 30.8 Å². The molecule has 0 aliphatic carbocycles. The van der Waals surface area contributed by atoms with Gasteiger partial charge in [0.05, 0.1) is 39.5 Å². The van der Waals surface area contributed by atoms with Gasteiger partial charge in [-0.15, -0.1) is 0 Å². The number of benzene rings is 2. The minimum Gasteiger partial charge on any atom is -0.258 e. The van der Waals surface area contributed by atoms with Crippen molar-refractivity contribution >= 4 is 11.4 Å². The lowest BCUT2D eigenvalue weighted by Crippen LogP contribution is -2.10. The van der Waals surface area contributed by atoms with Crippen molar-refractivity contribution < 1.29 is 9.85 Å². The molecule has 0 aliphatic rings. The lowest BCUT2D eigenvalue weighted by molar-refractivity contribution is -0.385. The lowest BCUT2D eigenvalue weighted by atomic mass is 9.84. The van der Waals surface area contributed by atoms with Crippen LogP contribution in [0.25, 0.3) is 11.1 Å². The van der Waals surface area contributed by atoms with Crippen LogP contribution in [-0.4, -0.2) is 9.85 Å². The average Bonchev–Trinajstić information content (AvgIpc) is 2.75. The molecule has 0 heterocycles. The first kappa shape index (κ1) is 23.0. The standard InChI is InChI=1S/C22H19N5O4/c1-14-3-5-21(26(28)29)19(8-14)17-4-6-22(27(30)31)20(10-17)18(13-25)9-16(12-24)7-15(2)11-23/h3-6,8,10,15-16,18H,7,9H2,1-2H3. The van der Waals surface area contributed by atoms with Crippen molar-refractivity contribution in [3.8, 4) is 29.3 Å². The third kappa shape index (κ3) is 5.41. The molecule has 0 saturated carbocycles. The van der Waals surface area contributed by atoms with Crippen LogP contribution in [0, 0.1) is 73.0 Å². The molecule has 156 valence electrons. The van der Waals surface area contributed by atoms with E-state index in [2.05, 4.69) is 6.07 Å². The highest BCUT2D eigenvalue weighted by Crippen LogP contribution is 2.38. The molecular weight excluding hydrogens is 398 g/mol. The van der Waals surface area contributed by atoms with E-state index in [0.29, 0.717) is 5.56 Å². The molecule has 0 spiro atoms. The molecule has 0 aliphatic heterocycles. The van der Waals surface area contributed by atoms with Crippen molar-refractivity contribution in [3.63, 3.8) is 0 Å². The first-order valence-corrected chi connectivity index (χ1v) is 9.44. The van der Waals surface area contributed by atoms with Gasteiger partial charge in [0.25, 0.3) is 11.4 Å². The Kier molecular flexibility index (Phi) is 7.38. The topological polar surface area (TPSA) is 158 Å². The number of hydrogen-bond acceptors (Lipinski definition) is 7. The van der Waals surface area contributed by atoms with E-state index in [1.165, 1.54) is 24.3 Å². The first-order valence-electron chi connectivity index (χ1n) is 9.44. The summed E-state index contributed by atoms with van der Waals surface area (Å²) in [7, 11) is 0. The van der Waals surface area contributed by atoms with Crippen LogP contribution in [0.5, 0.6) is 0 Å². The Labute approximate surface area is 179 Å². The second-order valence-electron chi connectivity index (χ2n) is 7.32. The van der Waals surface area contributed by atoms with E-state index in [4.69, 9.17) is 5.26 Å². The van der Waals surface area contributed by atoms with Crippen LogP contribution in [0.1, 0.15) is 36.8 Å². The van der Waals surface area contributed by atoms with Gasteiger partial charge in [-0.2, -0.15) is 15.8 Å². The van der Waals surface area contributed by atoms with Gasteiger partial charge in [0.15, 0.2) is 0 Å². The minimum absolute atomic E-state index is 0.0131. The van der Waals surface area contributed by atoms with Crippen molar-refractivity contribution in [2.24, 2.45) is 11.8 Å². The highest BCUT2D eigenvalue weighted by Gasteiger charge is 2.27. The predicted molar refractivity (Wildman–Crippen MR) is 111 cm³/mol. The Balaban J connectivity index is 2.59. The predicted octanol–water partition coefficient (Wildman–Crippen LogP) is 5.17. The van der Waals surface area contributed by atoms with E-state index < -0.39 is 27.6 Å². The molecule has 0 saturated heterocycles. The quantitative estimate of drug-likeness (QED) is 0.423. The Bertz CT molecular complexity index is 1140. The Hall–Kier alpha value is -4.29. The van der Waals surface area contributed by atoms with Crippen LogP contribution in [0.4, 0.5) is 11.4 Å². The first-order chi connectivity index (χ1) is 14.7. The Morgan fingerprint density at radius 1 is 0.903 bits per heavy atom. The maximum Gasteiger partial charge on any atom is 0.277 e. The number of aryl methyl sites for hydroxylation is 1. The number of rotatable bonds is 8. The van der Waals surface area contributed by atoms with Crippen LogP contribution < -0.4 is 0 Å². The lowest BCUT2D eigenvalue weighted by Gasteiger charge is -2.16. The molecule has 0 radical (unpaired) electrons. The fourth-order valence-electron chi connectivity index (χ4n) is 3.42. The zero-order valence-corrected chi connectivity index (χ0v) is 17.0. The maximum absolute atomic E-state index is 11.6. The summed E-state index contributed by atoms with van der Waals surface area (Å²) < 4.78 is 0. The molecule has 31 heavy (non-hydrogen) atoms. The van der Waals surface area contributed by atoms with Gasteiger partial charge >= 0.3 is 0 Å². The number of nitrogens with zero attached hydrogens (tertiary/aromatic N) is 5. The molecule has 0 amide bonds. The molecule has 0 bridgehead atoms. The molecule has 9 nitrogen and oxygen atoms in total. The van der Waals surface area contributed by atoms with Crippen molar-refractivity contribution in [2.75, 3.05) is 0 Å². The molecule has 0 aromatic heterocycles. The highest BCUT2D eigenvalue weighted by molar-refractivity contribution is 5.76. The smallest absolute Gasteiger partial charge is 0.258 e. The third-order valence-corrected chi connectivity index (χ3v) is 4.98. The summed E-state index contributed by atoms with van der Waals surface area (Å²) in [5, 5.41) is 51.2. The van der Waals surface area contributed by atoms with Crippen LogP contribution in [0.2, 0.25) is 0 Å². The molecule has 2 rings (SSSR count). The van der Waals surface area contributed by atoms with Crippen molar-refractivity contribution in [1.29, 1.82) is 15.8 Å². The molecule has 9 heteroatoms. The summed E-state index contributed by atoms with van der Waals surface area (Å²) in [6.45, 7) is 3.43. The van der Waals surface area contributed by atoms with Gasteiger partial charge in [-0.1, -0.05) is 11.6 Å². The van der Waals surface area contributed by atoms with Gasteiger partial charge in [-0.3, -0.25) is 20.2 Å². The summed E-state index contributed by atoms with van der Waals surface area (Å²) in [6, 6.07) is 14.7. The SMILES string of the molecule is Cc1ccc([N+](=O)[O-])c(-c2ccc([N+](=O)[O-])c(C(C#N)CC(C#N)CC(C)C#N)c2)c1. The van der Waals surface area contributed by atoms with E-state index in [1.54, 1.807) is 26.0 Å². The van der Waals surface area contributed by atoms with Crippen LogP contribution in [-0.2, 0) is 0 Å². The summed E-state index contributed by atoms with van der Waals surface area (Å²) in [5.74, 6) is -2.03. The number of nitro benzene ring substituents is 2. The van der Waals surface area contributed by atoms with Gasteiger partial charge in [0, 0.05) is 29.5 Å². The van der Waals surface area contributed by atoms with E-state index >= 15 is 0 Å². The van der Waals surface area contributed by atoms with Gasteiger partial charge in [0.1, 0.15) is 0 Å². The van der Waals surface area contributed by atoms with Crippen LogP contribution in [0.15, 0.2) is 36.4 Å². The van der Waals surface area contributed by atoms with Crippen LogP contribution >= 0.6 is 0 Å². The van der Waals surface area contributed by atoms with Gasteiger partial charge in [-0.25, -0.2) is 0 Å². The Morgan fingerprint density at radius 2 is 1.55 bits per heavy atom. The fourth-order valence-corrected chi connectivity index (χ4v) is 3.42. The monoisotopic (exact) mass is 417 g/mol. The normalized spacial score (nSPS) is 13.1. The van der Waals surface area contributed by atoms with Gasteiger partial charge < -0.3 is 0 Å². The minimum atomic E-state index is -0.986. The average molecular weight is 417 g/mol. The fraction of sp³-hybridized carbons (Fsp3) is 0.318. The second kappa shape index (κ2) is 9.96. The largest absolute Gasteiger partial charge is 0.277 e. The molecule has 3 unspecified atom stereocenters. The highest BCUT2D eigenvalue weighted by atomic mass is 16.6. The number of hydrogen-bond donors (Lipinski definition) is 0. The molecule has 0 fully saturated rings. The maximum atomic E-state index is 11.6. The summed E-state index contributed by atoms with van der Waals surface area (Å²) in [6.07, 6.45) is 0.251. The number of nitro groups is 2. The van der Waals surface area contributed by atoms with Crippen molar-refractivity contribution in [3.05, 3.63) is 67.8 Å². The van der Waals surface area contributed by atoms with Gasteiger partial charge in [0.2, 0.25) is 0 Å². The molecule has 0 N–H and O–H groups in total. The molecule has 2 aromatic carbocycles. The van der Waals surface area contributed by atoms with E-state index in [-0.39, 0.29) is 35.3 Å². The summed E-state index contributed by atoms with van der Waals surface area (Å²) in [5.41, 5.74) is 1.06. The van der Waals surface area contributed by atoms with Crippen molar-refractivity contribution in [2.45, 2.75) is 32.6 Å². The summed E-state index contributed by atoms with van der Waals surface area (Å²) in [4.78, 5) is 21.9. The van der Waals surface area contributed by atoms with E-state index in [0.717, 1.165) is 5.56 Å². The third-order valence-electron chi connectivity index (χ3n) is 4.98. The van der Waals surface area contributed by atoms with Crippen molar-refractivity contribution in [1.82, 2.24) is 0 Å². The Morgan fingerprint density at radius 3 is 2.10 bits per heavy atom. The van der Waals surface area contributed by atoms with Crippen LogP contribution in [0.3, 0.4) is 0 Å². The summed E-state index contributed by atoms with van der Waals surface area (Å²) >= 11 is 0. The van der Waals surface area contributed by atoms with Gasteiger partial charge in [-0.05, 0) is 50.5 Å². The zero-order valence-electron chi connectivity index (χ0n) is 17.0. The second-order valence-corrected chi connectivity index (χ2v) is 7.32. The molecule has 2 aromatic rings. The zero-order chi connectivity index (χ0) is 23.1. The van der Waals surface area contributed by atoms with E-state index in [1.807, 2.05) is 12.1 Å². The number of nitriles is 3. The molecule has 3 atom stereocenters. The molecular formula is C22H19N5O4.